The Morgan fingerprint density at radius 3 is 2.38 bits per heavy atom. The summed E-state index contributed by atoms with van der Waals surface area (Å²) in [6.07, 6.45) is 0.188. The van der Waals surface area contributed by atoms with E-state index in [1.54, 1.807) is 12.1 Å². The van der Waals surface area contributed by atoms with Gasteiger partial charge in [0.25, 0.3) is 0 Å². The maximum atomic E-state index is 13.6. The minimum atomic E-state index is -3.66. The Balaban J connectivity index is 1.50. The molecule has 1 aliphatic rings. The first kappa shape index (κ1) is 22.0. The third-order valence-electron chi connectivity index (χ3n) is 4.66. The predicted octanol–water partition coefficient (Wildman–Crippen LogP) is 3.47. The first-order valence-corrected chi connectivity index (χ1v) is 11.2. The van der Waals surface area contributed by atoms with Crippen LogP contribution in [-0.4, -0.2) is 56.3 Å². The summed E-state index contributed by atoms with van der Waals surface area (Å²) >= 11 is 11.8. The number of rotatable bonds is 6. The van der Waals surface area contributed by atoms with Crippen molar-refractivity contribution in [2.75, 3.05) is 38.0 Å². The molecule has 1 amide bonds. The molecule has 3 rings (SSSR count). The Labute approximate surface area is 179 Å². The van der Waals surface area contributed by atoms with Crippen LogP contribution in [0.3, 0.4) is 0 Å². The zero-order valence-corrected chi connectivity index (χ0v) is 17.8. The summed E-state index contributed by atoms with van der Waals surface area (Å²) in [5.41, 5.74) is 0.148. The fourth-order valence-electron chi connectivity index (χ4n) is 3.01. The van der Waals surface area contributed by atoms with Gasteiger partial charge in [0.15, 0.2) is 0 Å². The van der Waals surface area contributed by atoms with Gasteiger partial charge in [-0.15, -0.1) is 0 Å². The average molecular weight is 460 g/mol. The molecule has 0 saturated carbocycles. The number of sulfonamides is 1. The minimum absolute atomic E-state index is 0.101. The predicted molar refractivity (Wildman–Crippen MR) is 111 cm³/mol. The lowest BCUT2D eigenvalue weighted by molar-refractivity contribution is -0.116. The molecule has 1 aliphatic heterocycles. The number of nitrogens with one attached hydrogen (secondary N) is 1. The van der Waals surface area contributed by atoms with Crippen molar-refractivity contribution in [1.82, 2.24) is 9.21 Å². The van der Waals surface area contributed by atoms with Gasteiger partial charge in [-0.3, -0.25) is 4.79 Å². The number of hydrogen-bond acceptors (Lipinski definition) is 4. The standard InChI is InChI=1S/C19H20Cl2FN3O3S/c20-15-6-5-14(13-16(15)21)29(27,28)25-11-9-24(10-12-25)8-7-19(26)23-18-4-2-1-3-17(18)22/h1-6,13H,7-12H2,(H,23,26). The first-order valence-electron chi connectivity index (χ1n) is 8.99. The number of carbonyl (C=O) groups is 1. The molecule has 2 aromatic carbocycles. The molecule has 6 nitrogen and oxygen atoms in total. The van der Waals surface area contributed by atoms with Crippen LogP contribution in [0.5, 0.6) is 0 Å². The van der Waals surface area contributed by atoms with Crippen molar-refractivity contribution in [3.63, 3.8) is 0 Å². The Hall–Kier alpha value is -1.71. The zero-order chi connectivity index (χ0) is 21.0. The Bertz CT molecular complexity index is 996. The topological polar surface area (TPSA) is 69.7 Å². The lowest BCUT2D eigenvalue weighted by atomic mass is 10.2. The van der Waals surface area contributed by atoms with Gasteiger partial charge >= 0.3 is 0 Å². The van der Waals surface area contributed by atoms with Gasteiger partial charge in [-0.25, -0.2) is 12.8 Å². The lowest BCUT2D eigenvalue weighted by Crippen LogP contribution is -2.49. The maximum Gasteiger partial charge on any atom is 0.243 e. The second-order valence-corrected chi connectivity index (χ2v) is 9.35. The second kappa shape index (κ2) is 9.40. The van der Waals surface area contributed by atoms with Gasteiger partial charge in [0, 0.05) is 39.1 Å². The monoisotopic (exact) mass is 459 g/mol. The summed E-state index contributed by atoms with van der Waals surface area (Å²) in [6, 6.07) is 10.2. The van der Waals surface area contributed by atoms with Crippen molar-refractivity contribution in [2.24, 2.45) is 0 Å². The number of nitrogens with zero attached hydrogens (tertiary/aromatic N) is 2. The fraction of sp³-hybridized carbons (Fsp3) is 0.316. The molecule has 10 heteroatoms. The number of carbonyl (C=O) groups excluding carboxylic acids is 1. The van der Waals surface area contributed by atoms with Crippen molar-refractivity contribution >= 4 is 44.8 Å². The van der Waals surface area contributed by atoms with Crippen molar-refractivity contribution in [3.8, 4) is 0 Å². The van der Waals surface area contributed by atoms with Gasteiger partial charge in [-0.1, -0.05) is 35.3 Å². The number of piperazine rings is 1. The van der Waals surface area contributed by atoms with Gasteiger partial charge < -0.3 is 10.2 Å². The Morgan fingerprint density at radius 1 is 1.03 bits per heavy atom. The molecule has 0 bridgehead atoms. The van der Waals surface area contributed by atoms with E-state index in [-0.39, 0.29) is 27.9 Å². The van der Waals surface area contributed by atoms with Crippen LogP contribution in [0.2, 0.25) is 10.0 Å². The highest BCUT2D eigenvalue weighted by atomic mass is 35.5. The molecule has 0 atom stereocenters. The van der Waals surface area contributed by atoms with E-state index in [0.717, 1.165) is 0 Å². The van der Waals surface area contributed by atoms with Gasteiger partial charge in [0.05, 0.1) is 20.6 Å². The van der Waals surface area contributed by atoms with Gasteiger partial charge in [-0.2, -0.15) is 4.31 Å². The smallest absolute Gasteiger partial charge is 0.243 e. The number of halogens is 3. The summed E-state index contributed by atoms with van der Waals surface area (Å²) in [5, 5.41) is 3.03. The number of anilines is 1. The molecule has 0 aliphatic carbocycles. The average Bonchev–Trinajstić information content (AvgIpc) is 2.70. The van der Waals surface area contributed by atoms with Gasteiger partial charge in [0.1, 0.15) is 5.82 Å². The highest BCUT2D eigenvalue weighted by Crippen LogP contribution is 2.27. The summed E-state index contributed by atoms with van der Waals surface area (Å²) in [6.45, 7) is 2.05. The minimum Gasteiger partial charge on any atom is -0.324 e. The van der Waals surface area contributed by atoms with Crippen molar-refractivity contribution < 1.29 is 17.6 Å². The molecular formula is C19H20Cl2FN3O3S. The molecule has 2 aromatic rings. The van der Waals surface area contributed by atoms with Crippen molar-refractivity contribution in [3.05, 3.63) is 58.3 Å². The SMILES string of the molecule is O=C(CCN1CCN(S(=O)(=O)c2ccc(Cl)c(Cl)c2)CC1)Nc1ccccc1F. The van der Waals surface area contributed by atoms with E-state index >= 15 is 0 Å². The highest BCUT2D eigenvalue weighted by molar-refractivity contribution is 7.89. The van der Waals surface area contributed by atoms with Gasteiger partial charge in [-0.05, 0) is 30.3 Å². The number of para-hydroxylation sites is 1. The summed E-state index contributed by atoms with van der Waals surface area (Å²) in [7, 11) is -3.66. The van der Waals surface area contributed by atoms with E-state index in [1.165, 1.54) is 34.6 Å². The van der Waals surface area contributed by atoms with Crippen LogP contribution < -0.4 is 5.32 Å². The van der Waals surface area contributed by atoms with Crippen LogP contribution in [0.1, 0.15) is 6.42 Å². The molecule has 1 N–H and O–H groups in total. The lowest BCUT2D eigenvalue weighted by Gasteiger charge is -2.33. The maximum absolute atomic E-state index is 13.6. The molecule has 0 radical (unpaired) electrons. The number of amides is 1. The zero-order valence-electron chi connectivity index (χ0n) is 15.4. The molecule has 1 saturated heterocycles. The molecule has 1 heterocycles. The Kier molecular flexibility index (Phi) is 7.13. The molecule has 0 aromatic heterocycles. The van der Waals surface area contributed by atoms with E-state index in [4.69, 9.17) is 23.2 Å². The van der Waals surface area contributed by atoms with Crippen LogP contribution in [-0.2, 0) is 14.8 Å². The molecule has 0 spiro atoms. The summed E-state index contributed by atoms with van der Waals surface area (Å²) in [4.78, 5) is 14.1. The molecule has 1 fully saturated rings. The van der Waals surface area contributed by atoms with E-state index in [1.807, 2.05) is 4.90 Å². The van der Waals surface area contributed by atoms with E-state index in [0.29, 0.717) is 37.7 Å². The highest BCUT2D eigenvalue weighted by Gasteiger charge is 2.29. The summed E-state index contributed by atoms with van der Waals surface area (Å²) < 4.78 is 40.5. The molecular weight excluding hydrogens is 440 g/mol. The van der Waals surface area contributed by atoms with Crippen LogP contribution in [0.25, 0.3) is 0 Å². The van der Waals surface area contributed by atoms with Gasteiger partial charge in [0.2, 0.25) is 15.9 Å². The summed E-state index contributed by atoms with van der Waals surface area (Å²) in [5.74, 6) is -0.775. The normalized spacial score (nSPS) is 16.0. The van der Waals surface area contributed by atoms with E-state index < -0.39 is 15.8 Å². The third-order valence-corrected chi connectivity index (χ3v) is 7.30. The number of benzene rings is 2. The fourth-order valence-corrected chi connectivity index (χ4v) is 4.83. The molecule has 0 unspecified atom stereocenters. The van der Waals surface area contributed by atoms with Crippen LogP contribution in [0, 0.1) is 5.82 Å². The first-order chi connectivity index (χ1) is 13.8. The van der Waals surface area contributed by atoms with Crippen molar-refractivity contribution in [2.45, 2.75) is 11.3 Å². The van der Waals surface area contributed by atoms with E-state index in [9.17, 15) is 17.6 Å². The second-order valence-electron chi connectivity index (χ2n) is 6.60. The van der Waals surface area contributed by atoms with Crippen molar-refractivity contribution in [1.29, 1.82) is 0 Å². The molecule has 156 valence electrons. The van der Waals surface area contributed by atoms with Crippen LogP contribution >= 0.6 is 23.2 Å². The van der Waals surface area contributed by atoms with Crippen LogP contribution in [0.4, 0.5) is 10.1 Å². The Morgan fingerprint density at radius 2 is 1.72 bits per heavy atom. The van der Waals surface area contributed by atoms with Crippen LogP contribution in [0.15, 0.2) is 47.4 Å². The largest absolute Gasteiger partial charge is 0.324 e. The van der Waals surface area contributed by atoms with E-state index in [2.05, 4.69) is 5.32 Å². The molecule has 29 heavy (non-hydrogen) atoms. The number of hydrogen-bond donors (Lipinski definition) is 1. The third kappa shape index (κ3) is 5.46. The quantitative estimate of drug-likeness (QED) is 0.717.